The summed E-state index contributed by atoms with van der Waals surface area (Å²) in [5.74, 6) is 6.29. The fraction of sp³-hybridized carbons (Fsp3) is 0.355. The molecule has 0 amide bonds. The van der Waals surface area contributed by atoms with E-state index in [1.807, 2.05) is 42.5 Å². The van der Waals surface area contributed by atoms with Crippen LogP contribution in [0.5, 0.6) is 11.6 Å². The van der Waals surface area contributed by atoms with Gasteiger partial charge in [-0.3, -0.25) is 4.79 Å². The summed E-state index contributed by atoms with van der Waals surface area (Å²) in [5, 5.41) is 0. The average molecular weight is 516 g/mol. The molecule has 6 nitrogen and oxygen atoms in total. The summed E-state index contributed by atoms with van der Waals surface area (Å²) in [4.78, 5) is 16.2. The molecule has 1 fully saturated rings. The van der Waals surface area contributed by atoms with Gasteiger partial charge in [0.25, 0.3) is 0 Å². The second kappa shape index (κ2) is 11.7. The maximum absolute atomic E-state index is 15.1. The molecule has 0 saturated carbocycles. The third-order valence-electron chi connectivity index (χ3n) is 6.98. The first-order chi connectivity index (χ1) is 18.6. The van der Waals surface area contributed by atoms with Crippen molar-refractivity contribution in [2.75, 3.05) is 20.3 Å². The van der Waals surface area contributed by atoms with Gasteiger partial charge in [-0.2, -0.15) is 0 Å². The average Bonchev–Trinajstić information content (AvgIpc) is 3.60. The highest BCUT2D eigenvalue weighted by Gasteiger charge is 2.30. The van der Waals surface area contributed by atoms with Gasteiger partial charge < -0.3 is 18.9 Å². The van der Waals surface area contributed by atoms with E-state index in [-0.39, 0.29) is 30.2 Å². The van der Waals surface area contributed by atoms with Gasteiger partial charge >= 0.3 is 5.97 Å². The molecule has 0 spiro atoms. The number of fused-ring (bicyclic) bond motifs is 1. The van der Waals surface area contributed by atoms with Gasteiger partial charge in [0.15, 0.2) is 0 Å². The summed E-state index contributed by atoms with van der Waals surface area (Å²) < 4.78 is 37.3. The fourth-order valence-corrected chi connectivity index (χ4v) is 5.07. The van der Waals surface area contributed by atoms with Crippen molar-refractivity contribution in [2.24, 2.45) is 0 Å². The number of benzene rings is 2. The molecule has 0 radical (unpaired) electrons. The van der Waals surface area contributed by atoms with Crippen molar-refractivity contribution in [3.63, 3.8) is 0 Å². The number of carbonyl (C=O) groups excluding carboxylic acids is 1. The lowest BCUT2D eigenvalue weighted by Crippen LogP contribution is -2.16. The molecule has 1 aliphatic carbocycles. The van der Waals surface area contributed by atoms with Crippen LogP contribution in [-0.4, -0.2) is 37.4 Å². The van der Waals surface area contributed by atoms with Crippen molar-refractivity contribution in [3.8, 4) is 34.6 Å². The third kappa shape index (κ3) is 5.66. The van der Waals surface area contributed by atoms with Crippen LogP contribution in [0, 0.1) is 17.7 Å². The zero-order valence-electron chi connectivity index (χ0n) is 21.5. The lowest BCUT2D eigenvalue weighted by atomic mass is 9.96. The molecular weight excluding hydrogens is 485 g/mol. The molecule has 5 rings (SSSR count). The number of ether oxygens (including phenoxy) is 4. The Balaban J connectivity index is 1.32. The molecule has 1 aliphatic heterocycles. The normalized spacial score (nSPS) is 18.7. The Morgan fingerprint density at radius 1 is 1.13 bits per heavy atom. The highest BCUT2D eigenvalue weighted by Crippen LogP contribution is 2.42. The van der Waals surface area contributed by atoms with E-state index in [1.165, 1.54) is 13.2 Å². The van der Waals surface area contributed by atoms with Gasteiger partial charge in [-0.1, -0.05) is 24.1 Å². The van der Waals surface area contributed by atoms with Crippen LogP contribution in [-0.2, 0) is 20.7 Å². The zero-order valence-corrected chi connectivity index (χ0v) is 21.5. The van der Waals surface area contributed by atoms with Gasteiger partial charge in [0.05, 0.1) is 32.7 Å². The van der Waals surface area contributed by atoms with Crippen LogP contribution in [0.2, 0.25) is 0 Å². The largest absolute Gasteiger partial charge is 0.486 e. The summed E-state index contributed by atoms with van der Waals surface area (Å²) in [6.45, 7) is 3.04. The minimum Gasteiger partial charge on any atom is -0.486 e. The summed E-state index contributed by atoms with van der Waals surface area (Å²) in [6.07, 6.45) is 3.83. The van der Waals surface area contributed by atoms with Crippen LogP contribution in [0.1, 0.15) is 54.9 Å². The number of nitrogens with zero attached hydrogens (tertiary/aromatic N) is 1. The van der Waals surface area contributed by atoms with Crippen LogP contribution in [0.3, 0.4) is 0 Å². The molecule has 38 heavy (non-hydrogen) atoms. The van der Waals surface area contributed by atoms with Crippen molar-refractivity contribution < 1.29 is 28.1 Å². The van der Waals surface area contributed by atoms with Gasteiger partial charge in [0.1, 0.15) is 23.8 Å². The molecule has 1 aromatic heterocycles. The predicted molar refractivity (Wildman–Crippen MR) is 140 cm³/mol. The molecule has 2 unspecified atom stereocenters. The van der Waals surface area contributed by atoms with Gasteiger partial charge in [0.2, 0.25) is 5.88 Å². The van der Waals surface area contributed by atoms with Crippen LogP contribution in [0.4, 0.5) is 4.39 Å². The maximum Gasteiger partial charge on any atom is 0.307 e. The Morgan fingerprint density at radius 2 is 1.97 bits per heavy atom. The lowest BCUT2D eigenvalue weighted by molar-refractivity contribution is -0.140. The van der Waals surface area contributed by atoms with E-state index in [0.717, 1.165) is 28.7 Å². The predicted octanol–water partition coefficient (Wildman–Crippen LogP) is 5.79. The second-order valence-electron chi connectivity index (χ2n) is 9.42. The monoisotopic (exact) mass is 515 g/mol. The van der Waals surface area contributed by atoms with Gasteiger partial charge in [-0.05, 0) is 60.7 Å². The quantitative estimate of drug-likeness (QED) is 0.279. The van der Waals surface area contributed by atoms with Crippen molar-refractivity contribution in [1.82, 2.24) is 4.98 Å². The van der Waals surface area contributed by atoms with Crippen molar-refractivity contribution in [1.29, 1.82) is 0 Å². The number of esters is 1. The molecule has 2 aliphatic rings. The molecule has 2 heterocycles. The number of methoxy groups -OCH3 is 1. The molecule has 3 aromatic rings. The number of pyridine rings is 1. The molecule has 196 valence electrons. The van der Waals surface area contributed by atoms with E-state index < -0.39 is 6.10 Å². The van der Waals surface area contributed by atoms with Gasteiger partial charge in [0, 0.05) is 29.8 Å². The molecule has 0 N–H and O–H groups in total. The number of hydrogen-bond acceptors (Lipinski definition) is 6. The van der Waals surface area contributed by atoms with Crippen LogP contribution in [0.15, 0.2) is 54.7 Å². The first-order valence-electron chi connectivity index (χ1n) is 12.8. The molecule has 1 saturated heterocycles. The van der Waals surface area contributed by atoms with Crippen molar-refractivity contribution in [3.05, 3.63) is 77.2 Å². The van der Waals surface area contributed by atoms with E-state index >= 15 is 4.39 Å². The van der Waals surface area contributed by atoms with E-state index in [4.69, 9.17) is 18.9 Å². The van der Waals surface area contributed by atoms with E-state index in [2.05, 4.69) is 16.8 Å². The SMILES string of the molecule is CC#C[C@@H](CC(=O)OC)c1ccc(OC2CCc3c(-c4ccc(OC5CCOC5)nc4)ccc(F)c32)cc1. The molecular formula is C31H30FNO5. The Labute approximate surface area is 222 Å². The van der Waals surface area contributed by atoms with Crippen LogP contribution < -0.4 is 9.47 Å². The van der Waals surface area contributed by atoms with Crippen molar-refractivity contribution in [2.45, 2.75) is 50.7 Å². The highest BCUT2D eigenvalue weighted by atomic mass is 19.1. The first-order valence-corrected chi connectivity index (χ1v) is 12.8. The van der Waals surface area contributed by atoms with E-state index in [9.17, 15) is 4.79 Å². The Kier molecular flexibility index (Phi) is 7.90. The lowest BCUT2D eigenvalue weighted by Gasteiger charge is -2.18. The Morgan fingerprint density at radius 3 is 2.66 bits per heavy atom. The zero-order chi connectivity index (χ0) is 26.5. The van der Waals surface area contributed by atoms with Crippen LogP contribution in [0.25, 0.3) is 11.1 Å². The summed E-state index contributed by atoms with van der Waals surface area (Å²) in [6, 6.07) is 14.6. The second-order valence-corrected chi connectivity index (χ2v) is 9.42. The molecule has 3 atom stereocenters. The summed E-state index contributed by atoms with van der Waals surface area (Å²) in [7, 11) is 1.37. The fourth-order valence-electron chi connectivity index (χ4n) is 5.07. The first kappa shape index (κ1) is 25.7. The molecule has 7 heteroatoms. The minimum atomic E-state index is -0.393. The van der Waals surface area contributed by atoms with E-state index in [1.54, 1.807) is 13.1 Å². The third-order valence-corrected chi connectivity index (χ3v) is 6.98. The number of rotatable bonds is 8. The van der Waals surface area contributed by atoms with Crippen LogP contribution >= 0.6 is 0 Å². The number of hydrogen-bond donors (Lipinski definition) is 0. The Bertz CT molecular complexity index is 1340. The van der Waals surface area contributed by atoms with Gasteiger partial charge in [-0.15, -0.1) is 5.92 Å². The van der Waals surface area contributed by atoms with E-state index in [0.29, 0.717) is 43.2 Å². The highest BCUT2D eigenvalue weighted by molar-refractivity contribution is 5.71. The topological polar surface area (TPSA) is 66.9 Å². The maximum atomic E-state index is 15.1. The smallest absolute Gasteiger partial charge is 0.307 e. The Hall–Kier alpha value is -3.89. The molecule has 2 aromatic carbocycles. The molecule has 0 bridgehead atoms. The minimum absolute atomic E-state index is 0.0358. The summed E-state index contributed by atoms with van der Waals surface area (Å²) in [5.41, 5.74) is 4.31. The van der Waals surface area contributed by atoms with Gasteiger partial charge in [-0.25, -0.2) is 9.37 Å². The summed E-state index contributed by atoms with van der Waals surface area (Å²) >= 11 is 0. The standard InChI is InChI=1S/C31H30FNO5/c1-3-4-21(17-30(34)35-2)20-5-8-23(9-6-20)37-28-13-11-26-25(10-12-27(32)31(26)28)22-7-14-29(33-18-22)38-24-15-16-36-19-24/h5-10,12,14,18,21,24,28H,11,13,15-17,19H2,1-2H3/t21-,24?,28?/m0/s1. The number of aromatic nitrogens is 1. The van der Waals surface area contributed by atoms with Crippen molar-refractivity contribution >= 4 is 5.97 Å². The number of carbonyl (C=O) groups is 1. The number of halogens is 1.